The molecular formula is C16H16NO4S2-. The van der Waals surface area contributed by atoms with Crippen LogP contribution >= 0.6 is 24.0 Å². The molecule has 1 saturated heterocycles. The van der Waals surface area contributed by atoms with Crippen LogP contribution < -0.4 is 9.84 Å². The number of carboxylic acid groups (broad SMARTS) is 1. The van der Waals surface area contributed by atoms with Gasteiger partial charge in [0.1, 0.15) is 10.1 Å². The third kappa shape index (κ3) is 4.11. The van der Waals surface area contributed by atoms with Gasteiger partial charge in [-0.3, -0.25) is 9.69 Å². The van der Waals surface area contributed by atoms with Crippen molar-refractivity contribution in [2.45, 2.75) is 26.3 Å². The summed E-state index contributed by atoms with van der Waals surface area (Å²) in [6.45, 7) is 4.06. The van der Waals surface area contributed by atoms with E-state index in [1.165, 1.54) is 6.92 Å². The molecule has 1 amide bonds. The topological polar surface area (TPSA) is 69.7 Å². The van der Waals surface area contributed by atoms with Crippen LogP contribution in [0.3, 0.4) is 0 Å². The van der Waals surface area contributed by atoms with Crippen molar-refractivity contribution >= 4 is 46.3 Å². The lowest BCUT2D eigenvalue weighted by Gasteiger charge is -2.23. The molecule has 5 nitrogen and oxygen atoms in total. The van der Waals surface area contributed by atoms with Crippen molar-refractivity contribution in [2.75, 3.05) is 6.61 Å². The molecule has 1 aromatic rings. The van der Waals surface area contributed by atoms with Crippen LogP contribution in [0.15, 0.2) is 29.2 Å². The quantitative estimate of drug-likeness (QED) is 0.576. The largest absolute Gasteiger partial charge is 0.548 e. The van der Waals surface area contributed by atoms with Crippen molar-refractivity contribution in [1.29, 1.82) is 0 Å². The van der Waals surface area contributed by atoms with Crippen LogP contribution in [0.4, 0.5) is 0 Å². The van der Waals surface area contributed by atoms with Gasteiger partial charge < -0.3 is 14.6 Å². The molecule has 1 aromatic carbocycles. The molecule has 1 atom stereocenters. The summed E-state index contributed by atoms with van der Waals surface area (Å²) in [6, 6.07) is 6.23. The summed E-state index contributed by atoms with van der Waals surface area (Å²) >= 11 is 6.18. The summed E-state index contributed by atoms with van der Waals surface area (Å²) in [7, 11) is 0. The van der Waals surface area contributed by atoms with Crippen molar-refractivity contribution in [1.82, 2.24) is 4.90 Å². The van der Waals surface area contributed by atoms with Crippen LogP contribution in [0.1, 0.15) is 25.8 Å². The number of rotatable bonds is 6. The minimum Gasteiger partial charge on any atom is -0.548 e. The second kappa shape index (κ2) is 7.61. The maximum absolute atomic E-state index is 12.3. The molecule has 1 fully saturated rings. The minimum atomic E-state index is -1.33. The molecule has 2 rings (SSSR count). The maximum Gasteiger partial charge on any atom is 0.266 e. The van der Waals surface area contributed by atoms with E-state index >= 15 is 0 Å². The number of thiocarbonyl (C=S) groups is 1. The van der Waals surface area contributed by atoms with Crippen LogP contribution in [0, 0.1) is 0 Å². The van der Waals surface area contributed by atoms with E-state index in [1.54, 1.807) is 6.08 Å². The first kappa shape index (κ1) is 17.5. The van der Waals surface area contributed by atoms with Gasteiger partial charge in [0, 0.05) is 0 Å². The van der Waals surface area contributed by atoms with Crippen molar-refractivity contribution in [3.63, 3.8) is 0 Å². The third-order valence-corrected chi connectivity index (χ3v) is 4.53. The number of carbonyl (C=O) groups excluding carboxylic acids is 2. The normalized spacial score (nSPS) is 17.7. The lowest BCUT2D eigenvalue weighted by atomic mass is 10.2. The molecule has 0 N–H and O–H groups in total. The fraction of sp³-hybridized carbons (Fsp3) is 0.312. The molecule has 122 valence electrons. The van der Waals surface area contributed by atoms with Gasteiger partial charge in [-0.15, -0.1) is 0 Å². The Bertz CT molecular complexity index is 655. The summed E-state index contributed by atoms with van der Waals surface area (Å²) < 4.78 is 5.72. The van der Waals surface area contributed by atoms with Crippen molar-refractivity contribution < 1.29 is 19.4 Å². The molecule has 1 aliphatic heterocycles. The van der Waals surface area contributed by atoms with Crippen LogP contribution in [0.5, 0.6) is 5.75 Å². The highest BCUT2D eigenvalue weighted by Crippen LogP contribution is 2.34. The summed E-state index contributed by atoms with van der Waals surface area (Å²) in [5.74, 6) is -0.981. The average molecular weight is 350 g/mol. The summed E-state index contributed by atoms with van der Waals surface area (Å²) in [4.78, 5) is 24.7. The van der Waals surface area contributed by atoms with Gasteiger partial charge in [0.25, 0.3) is 5.91 Å². The zero-order valence-corrected chi connectivity index (χ0v) is 14.4. The molecule has 7 heteroatoms. The Morgan fingerprint density at radius 3 is 2.65 bits per heavy atom. The zero-order valence-electron chi connectivity index (χ0n) is 12.8. The van der Waals surface area contributed by atoms with E-state index in [9.17, 15) is 14.7 Å². The molecule has 23 heavy (non-hydrogen) atoms. The van der Waals surface area contributed by atoms with E-state index in [-0.39, 0.29) is 4.32 Å². The van der Waals surface area contributed by atoms with Crippen LogP contribution in [0.25, 0.3) is 6.08 Å². The predicted octanol–water partition coefficient (Wildman–Crippen LogP) is 1.81. The number of thioether (sulfide) groups is 1. The number of amides is 1. The number of nitrogens with zero attached hydrogens (tertiary/aromatic N) is 1. The van der Waals surface area contributed by atoms with E-state index in [4.69, 9.17) is 17.0 Å². The Morgan fingerprint density at radius 2 is 2.09 bits per heavy atom. The second-order valence-electron chi connectivity index (χ2n) is 4.96. The Hall–Kier alpha value is -1.86. The zero-order chi connectivity index (χ0) is 17.0. The van der Waals surface area contributed by atoms with Gasteiger partial charge in [0.15, 0.2) is 0 Å². The first-order valence-corrected chi connectivity index (χ1v) is 8.37. The monoisotopic (exact) mass is 350 g/mol. The number of hydrogen-bond donors (Lipinski definition) is 0. The minimum absolute atomic E-state index is 0.223. The van der Waals surface area contributed by atoms with E-state index in [0.29, 0.717) is 11.5 Å². The molecular weight excluding hydrogens is 334 g/mol. The fourth-order valence-corrected chi connectivity index (χ4v) is 3.37. The first-order chi connectivity index (χ1) is 10.9. The van der Waals surface area contributed by atoms with Crippen molar-refractivity contribution in [3.8, 4) is 5.75 Å². The second-order valence-corrected chi connectivity index (χ2v) is 6.64. The number of hydrogen-bond acceptors (Lipinski definition) is 6. The van der Waals surface area contributed by atoms with Gasteiger partial charge in [0.2, 0.25) is 0 Å². The maximum atomic E-state index is 12.3. The average Bonchev–Trinajstić information content (AvgIpc) is 2.80. The summed E-state index contributed by atoms with van der Waals surface area (Å²) in [6.07, 6.45) is 2.62. The molecule has 1 heterocycles. The Morgan fingerprint density at radius 1 is 1.43 bits per heavy atom. The van der Waals surface area contributed by atoms with Gasteiger partial charge in [-0.25, -0.2) is 0 Å². The van der Waals surface area contributed by atoms with Crippen molar-refractivity contribution in [3.05, 3.63) is 34.7 Å². The third-order valence-electron chi connectivity index (χ3n) is 3.20. The molecule has 1 aliphatic rings. The molecule has 0 radical (unpaired) electrons. The van der Waals surface area contributed by atoms with E-state index in [0.717, 1.165) is 34.4 Å². The van der Waals surface area contributed by atoms with E-state index in [2.05, 4.69) is 0 Å². The highest BCUT2D eigenvalue weighted by molar-refractivity contribution is 8.26. The highest BCUT2D eigenvalue weighted by atomic mass is 32.2. The van der Waals surface area contributed by atoms with Crippen LogP contribution in [0.2, 0.25) is 0 Å². The Balaban J connectivity index is 2.15. The number of benzene rings is 1. The van der Waals surface area contributed by atoms with E-state index in [1.807, 2.05) is 31.2 Å². The van der Waals surface area contributed by atoms with E-state index < -0.39 is 17.9 Å². The predicted molar refractivity (Wildman–Crippen MR) is 91.7 cm³/mol. The van der Waals surface area contributed by atoms with Gasteiger partial charge in [-0.1, -0.05) is 43.0 Å². The lowest BCUT2D eigenvalue weighted by Crippen LogP contribution is -2.48. The van der Waals surface area contributed by atoms with Gasteiger partial charge in [0.05, 0.1) is 23.5 Å². The highest BCUT2D eigenvalue weighted by Gasteiger charge is 2.35. The Labute approximate surface area is 144 Å². The van der Waals surface area contributed by atoms with Gasteiger partial charge >= 0.3 is 0 Å². The fourth-order valence-electron chi connectivity index (χ4n) is 1.95. The number of carbonyl (C=O) groups is 2. The van der Waals surface area contributed by atoms with Gasteiger partial charge in [-0.05, 0) is 37.1 Å². The molecule has 0 aromatic heterocycles. The lowest BCUT2D eigenvalue weighted by molar-refractivity contribution is -0.309. The summed E-state index contributed by atoms with van der Waals surface area (Å²) in [5.41, 5.74) is 0.815. The SMILES string of the molecule is CCCOc1ccc(/C=C2/SC(=S)N([C@@H](C)C(=O)[O-])C2=O)cc1. The Kier molecular flexibility index (Phi) is 5.79. The number of aliphatic carboxylic acids is 1. The number of ether oxygens (including phenoxy) is 1. The molecule has 0 saturated carbocycles. The molecule has 0 bridgehead atoms. The summed E-state index contributed by atoms with van der Waals surface area (Å²) in [5, 5.41) is 11.0. The van der Waals surface area contributed by atoms with Gasteiger partial charge in [-0.2, -0.15) is 0 Å². The van der Waals surface area contributed by atoms with Crippen molar-refractivity contribution in [2.24, 2.45) is 0 Å². The molecule has 0 spiro atoms. The van der Waals surface area contributed by atoms with Crippen LogP contribution in [-0.4, -0.2) is 33.7 Å². The first-order valence-electron chi connectivity index (χ1n) is 7.14. The van der Waals surface area contributed by atoms with Crippen LogP contribution in [-0.2, 0) is 9.59 Å². The number of carboxylic acids is 1. The molecule has 0 aliphatic carbocycles. The standard InChI is InChI=1S/C16H17NO4S2/c1-3-8-21-12-6-4-11(5-7-12)9-13-14(18)17(16(22)23-13)10(2)15(19)20/h4-7,9-10H,3,8H2,1-2H3,(H,19,20)/p-1/b13-9+/t10-/m0/s1. The smallest absolute Gasteiger partial charge is 0.266 e. The molecule has 0 unspecified atom stereocenters.